The van der Waals surface area contributed by atoms with Gasteiger partial charge in [0.1, 0.15) is 5.60 Å². The third-order valence-corrected chi connectivity index (χ3v) is 4.76. The van der Waals surface area contributed by atoms with Crippen LogP contribution >= 0.6 is 0 Å². The molecule has 0 saturated carbocycles. The van der Waals surface area contributed by atoms with Crippen LogP contribution in [0.2, 0.25) is 0 Å². The minimum absolute atomic E-state index is 0.481. The van der Waals surface area contributed by atoms with Crippen LogP contribution in [0.1, 0.15) is 29.5 Å². The molecule has 0 saturated heterocycles. The fourth-order valence-corrected chi connectivity index (χ4v) is 3.42. The van der Waals surface area contributed by atoms with E-state index in [1.165, 1.54) is 0 Å². The van der Waals surface area contributed by atoms with E-state index in [-0.39, 0.29) is 0 Å². The molecular weight excluding hydrogens is 326 g/mol. The van der Waals surface area contributed by atoms with Crippen LogP contribution in [0.25, 0.3) is 0 Å². The lowest BCUT2D eigenvalue weighted by molar-refractivity contribution is -0.124. The van der Waals surface area contributed by atoms with Crippen molar-refractivity contribution in [3.05, 3.63) is 96.1 Å². The van der Waals surface area contributed by atoms with Gasteiger partial charge in [0.15, 0.2) is 0 Å². The zero-order valence-corrected chi connectivity index (χ0v) is 14.5. The van der Waals surface area contributed by atoms with Gasteiger partial charge in [-0.05, 0) is 17.7 Å². The minimum atomic E-state index is -1.52. The summed E-state index contributed by atoms with van der Waals surface area (Å²) < 4.78 is 0. The molecule has 1 amide bonds. The van der Waals surface area contributed by atoms with Crippen LogP contribution in [0.4, 0.5) is 0 Å². The van der Waals surface area contributed by atoms with Crippen molar-refractivity contribution < 1.29 is 9.90 Å². The standard InChI is InChI=1S/C21H21N3O2/c1-15(20(22)25)19(16-7-3-2-4-8-16)21(26,17-9-5-11-23-13-17)18-10-6-12-24-14-18/h2-15,19,26H,1H3,(H2,22,25). The van der Waals surface area contributed by atoms with Crippen molar-refractivity contribution in [2.75, 3.05) is 0 Å². The van der Waals surface area contributed by atoms with Crippen LogP contribution in [0.15, 0.2) is 79.4 Å². The van der Waals surface area contributed by atoms with Crippen LogP contribution in [0.3, 0.4) is 0 Å². The predicted octanol–water partition coefficient (Wildman–Crippen LogP) is 2.62. The quantitative estimate of drug-likeness (QED) is 0.717. The molecule has 132 valence electrons. The second-order valence-electron chi connectivity index (χ2n) is 6.33. The summed E-state index contributed by atoms with van der Waals surface area (Å²) in [5, 5.41) is 12.0. The highest BCUT2D eigenvalue weighted by atomic mass is 16.3. The van der Waals surface area contributed by atoms with E-state index in [1.807, 2.05) is 30.3 Å². The molecule has 5 heteroatoms. The van der Waals surface area contributed by atoms with Gasteiger partial charge in [0.25, 0.3) is 0 Å². The van der Waals surface area contributed by atoms with Gasteiger partial charge in [-0.2, -0.15) is 0 Å². The number of carbonyl (C=O) groups excluding carboxylic acids is 1. The van der Waals surface area contributed by atoms with Crippen LogP contribution in [-0.2, 0) is 10.4 Å². The Morgan fingerprint density at radius 3 is 1.92 bits per heavy atom. The molecule has 2 heterocycles. The molecule has 0 aliphatic heterocycles. The molecule has 3 rings (SSSR count). The molecule has 0 aliphatic carbocycles. The lowest BCUT2D eigenvalue weighted by Gasteiger charge is -2.39. The number of carbonyl (C=O) groups is 1. The average molecular weight is 347 g/mol. The van der Waals surface area contributed by atoms with Crippen molar-refractivity contribution in [3.8, 4) is 0 Å². The topological polar surface area (TPSA) is 89.1 Å². The maximum atomic E-state index is 12.1. The fraction of sp³-hybridized carbons (Fsp3) is 0.190. The number of aromatic nitrogens is 2. The van der Waals surface area contributed by atoms with Gasteiger partial charge >= 0.3 is 0 Å². The van der Waals surface area contributed by atoms with Gasteiger partial charge in [0.05, 0.1) is 0 Å². The van der Waals surface area contributed by atoms with E-state index in [2.05, 4.69) is 9.97 Å². The molecule has 3 N–H and O–H groups in total. The lowest BCUT2D eigenvalue weighted by atomic mass is 9.68. The van der Waals surface area contributed by atoms with Gasteiger partial charge in [0, 0.05) is 47.8 Å². The highest BCUT2D eigenvalue weighted by Crippen LogP contribution is 2.46. The van der Waals surface area contributed by atoms with Crippen molar-refractivity contribution in [2.24, 2.45) is 11.7 Å². The highest BCUT2D eigenvalue weighted by Gasteiger charge is 2.45. The molecule has 0 spiro atoms. The largest absolute Gasteiger partial charge is 0.380 e. The Labute approximate surface area is 152 Å². The Kier molecular flexibility index (Phi) is 5.09. The Morgan fingerprint density at radius 2 is 1.50 bits per heavy atom. The fourth-order valence-electron chi connectivity index (χ4n) is 3.42. The molecule has 2 aromatic heterocycles. The average Bonchev–Trinajstić information content (AvgIpc) is 2.70. The van der Waals surface area contributed by atoms with Crippen LogP contribution in [-0.4, -0.2) is 21.0 Å². The Bertz CT molecular complexity index is 815. The molecular formula is C21H21N3O2. The first-order chi connectivity index (χ1) is 12.5. The maximum absolute atomic E-state index is 12.1. The molecule has 2 atom stereocenters. The maximum Gasteiger partial charge on any atom is 0.221 e. The lowest BCUT2D eigenvalue weighted by Crippen LogP contribution is -2.42. The second-order valence-corrected chi connectivity index (χ2v) is 6.33. The Hall–Kier alpha value is -3.05. The van der Waals surface area contributed by atoms with Gasteiger partial charge in [-0.1, -0.05) is 49.4 Å². The number of nitrogens with zero attached hydrogens (tertiary/aromatic N) is 2. The van der Waals surface area contributed by atoms with Gasteiger partial charge in [-0.15, -0.1) is 0 Å². The van der Waals surface area contributed by atoms with Crippen molar-refractivity contribution >= 4 is 5.91 Å². The monoisotopic (exact) mass is 347 g/mol. The van der Waals surface area contributed by atoms with E-state index < -0.39 is 23.3 Å². The summed E-state index contributed by atoms with van der Waals surface area (Å²) in [5.74, 6) is -1.71. The van der Waals surface area contributed by atoms with Crippen LogP contribution in [0.5, 0.6) is 0 Å². The van der Waals surface area contributed by atoms with Crippen LogP contribution in [0, 0.1) is 5.92 Å². The van der Waals surface area contributed by atoms with E-state index >= 15 is 0 Å². The highest BCUT2D eigenvalue weighted by molar-refractivity contribution is 5.78. The second kappa shape index (κ2) is 7.45. The SMILES string of the molecule is CC(C(N)=O)C(c1ccccc1)C(O)(c1cccnc1)c1cccnc1. The van der Waals surface area contributed by atoms with Gasteiger partial charge in [-0.3, -0.25) is 14.8 Å². The number of pyridine rings is 2. The predicted molar refractivity (Wildman–Crippen MR) is 99.0 cm³/mol. The van der Waals surface area contributed by atoms with E-state index in [0.29, 0.717) is 11.1 Å². The molecule has 5 nitrogen and oxygen atoms in total. The van der Waals surface area contributed by atoms with Crippen molar-refractivity contribution in [3.63, 3.8) is 0 Å². The van der Waals surface area contributed by atoms with E-state index in [0.717, 1.165) is 5.56 Å². The zero-order chi connectivity index (χ0) is 18.6. The summed E-state index contributed by atoms with van der Waals surface area (Å²) in [6.07, 6.45) is 6.50. The molecule has 0 bridgehead atoms. The molecule has 2 unspecified atom stereocenters. The van der Waals surface area contributed by atoms with Crippen molar-refractivity contribution in [1.82, 2.24) is 9.97 Å². The Morgan fingerprint density at radius 1 is 0.962 bits per heavy atom. The third kappa shape index (κ3) is 3.21. The van der Waals surface area contributed by atoms with Crippen molar-refractivity contribution in [1.29, 1.82) is 0 Å². The van der Waals surface area contributed by atoms with Gasteiger partial charge in [0.2, 0.25) is 5.91 Å². The Balaban J connectivity index is 2.28. The number of aliphatic hydroxyl groups is 1. The van der Waals surface area contributed by atoms with Crippen molar-refractivity contribution in [2.45, 2.75) is 18.4 Å². The van der Waals surface area contributed by atoms with Crippen LogP contribution < -0.4 is 5.73 Å². The minimum Gasteiger partial charge on any atom is -0.380 e. The first-order valence-corrected chi connectivity index (χ1v) is 8.42. The summed E-state index contributed by atoms with van der Waals surface area (Å²) in [6, 6.07) is 16.5. The number of rotatable bonds is 6. The molecule has 0 fully saturated rings. The number of hydrogen-bond acceptors (Lipinski definition) is 4. The number of benzene rings is 1. The van der Waals surface area contributed by atoms with Gasteiger partial charge < -0.3 is 10.8 Å². The number of hydrogen-bond donors (Lipinski definition) is 2. The number of amides is 1. The zero-order valence-electron chi connectivity index (χ0n) is 14.5. The summed E-state index contributed by atoms with van der Waals surface area (Å²) in [4.78, 5) is 20.4. The molecule has 0 radical (unpaired) electrons. The van der Waals surface area contributed by atoms with E-state index in [9.17, 15) is 9.90 Å². The molecule has 1 aromatic carbocycles. The van der Waals surface area contributed by atoms with E-state index in [1.54, 1.807) is 56.0 Å². The normalized spacial score (nSPS) is 13.8. The smallest absolute Gasteiger partial charge is 0.221 e. The van der Waals surface area contributed by atoms with Gasteiger partial charge in [-0.25, -0.2) is 0 Å². The summed E-state index contributed by atoms with van der Waals surface area (Å²) >= 11 is 0. The van der Waals surface area contributed by atoms with E-state index in [4.69, 9.17) is 5.73 Å². The number of primary amides is 1. The molecule has 3 aromatic rings. The summed E-state index contributed by atoms with van der Waals surface area (Å²) in [7, 11) is 0. The third-order valence-electron chi connectivity index (χ3n) is 4.76. The molecule has 26 heavy (non-hydrogen) atoms. The number of nitrogens with two attached hydrogens (primary N) is 1. The first-order valence-electron chi connectivity index (χ1n) is 8.42. The summed E-state index contributed by atoms with van der Waals surface area (Å²) in [5.41, 5.74) is 6.10. The summed E-state index contributed by atoms with van der Waals surface area (Å²) in [6.45, 7) is 1.73. The molecule has 0 aliphatic rings. The first kappa shape index (κ1) is 17.8.